The molecule has 0 saturated carbocycles. The van der Waals surface area contributed by atoms with Gasteiger partial charge >= 0.3 is 0 Å². The molecule has 0 aliphatic heterocycles. The topological polar surface area (TPSA) is 105 Å². The van der Waals surface area contributed by atoms with E-state index >= 15 is 0 Å². The van der Waals surface area contributed by atoms with Crippen molar-refractivity contribution >= 4 is 27.5 Å². The summed E-state index contributed by atoms with van der Waals surface area (Å²) in [4.78, 5) is 30.3. The van der Waals surface area contributed by atoms with Crippen LogP contribution in [0.15, 0.2) is 102 Å². The molecule has 4 aromatic carbocycles. The second-order valence-electron chi connectivity index (χ2n) is 11.8. The fraction of sp³-hybridized carbons (Fsp3) is 0.316. The Morgan fingerprint density at radius 1 is 0.833 bits per heavy atom. The zero-order valence-corrected chi connectivity index (χ0v) is 29.3. The highest BCUT2D eigenvalue weighted by Crippen LogP contribution is 2.34. The first-order valence-electron chi connectivity index (χ1n) is 16.0. The van der Waals surface area contributed by atoms with Gasteiger partial charge in [-0.25, -0.2) is 8.42 Å². The molecule has 0 fully saturated rings. The van der Waals surface area contributed by atoms with Crippen molar-refractivity contribution in [1.29, 1.82) is 0 Å². The van der Waals surface area contributed by atoms with E-state index in [-0.39, 0.29) is 35.5 Å². The summed E-state index contributed by atoms with van der Waals surface area (Å²) in [5, 5.41) is 3.06. The lowest BCUT2D eigenvalue weighted by molar-refractivity contribution is -0.140. The van der Waals surface area contributed by atoms with Gasteiger partial charge in [0.25, 0.3) is 10.0 Å². The van der Waals surface area contributed by atoms with E-state index in [0.717, 1.165) is 26.6 Å². The molecule has 2 amide bonds. The number of benzene rings is 4. The highest BCUT2D eigenvalue weighted by atomic mass is 32.2. The van der Waals surface area contributed by atoms with E-state index in [4.69, 9.17) is 9.47 Å². The van der Waals surface area contributed by atoms with Gasteiger partial charge in [0.2, 0.25) is 11.8 Å². The third kappa shape index (κ3) is 8.74. The number of sulfonamides is 1. The molecule has 9 nitrogen and oxygen atoms in total. The van der Waals surface area contributed by atoms with Crippen LogP contribution >= 0.6 is 0 Å². The molecule has 254 valence electrons. The van der Waals surface area contributed by atoms with Gasteiger partial charge in [-0.2, -0.15) is 0 Å². The summed E-state index contributed by atoms with van der Waals surface area (Å²) < 4.78 is 40.7. The molecule has 0 aliphatic carbocycles. The molecule has 4 rings (SSSR count). The van der Waals surface area contributed by atoms with Gasteiger partial charge in [0, 0.05) is 25.1 Å². The molecule has 0 unspecified atom stereocenters. The number of nitrogens with zero attached hydrogens (tertiary/aromatic N) is 2. The van der Waals surface area contributed by atoms with Gasteiger partial charge in [-0.3, -0.25) is 13.9 Å². The van der Waals surface area contributed by atoms with E-state index < -0.39 is 28.5 Å². The Hall–Kier alpha value is -4.83. The molecular weight excluding hydrogens is 627 g/mol. The largest absolute Gasteiger partial charge is 0.493 e. The predicted molar refractivity (Wildman–Crippen MR) is 189 cm³/mol. The second-order valence-corrected chi connectivity index (χ2v) is 13.7. The quantitative estimate of drug-likeness (QED) is 0.165. The summed E-state index contributed by atoms with van der Waals surface area (Å²) >= 11 is 0. The normalized spacial score (nSPS) is 12.5. The van der Waals surface area contributed by atoms with Crippen molar-refractivity contribution in [1.82, 2.24) is 10.2 Å². The predicted octanol–water partition coefficient (Wildman–Crippen LogP) is 6.07. The molecule has 0 saturated heterocycles. The lowest BCUT2D eigenvalue weighted by Gasteiger charge is -2.34. The van der Waals surface area contributed by atoms with E-state index in [9.17, 15) is 18.0 Å². The zero-order chi connectivity index (χ0) is 34.8. The Balaban J connectivity index is 1.86. The van der Waals surface area contributed by atoms with Gasteiger partial charge in [0.1, 0.15) is 12.6 Å². The first kappa shape index (κ1) is 36.0. The summed E-state index contributed by atoms with van der Waals surface area (Å²) in [6, 6.07) is 27.3. The Kier molecular flexibility index (Phi) is 12.2. The van der Waals surface area contributed by atoms with Crippen LogP contribution in [-0.4, -0.2) is 58.0 Å². The fourth-order valence-corrected chi connectivity index (χ4v) is 6.72. The Morgan fingerprint density at radius 2 is 1.48 bits per heavy atom. The van der Waals surface area contributed by atoms with Gasteiger partial charge in [-0.05, 0) is 68.1 Å². The van der Waals surface area contributed by atoms with Crippen molar-refractivity contribution in [3.63, 3.8) is 0 Å². The third-order valence-electron chi connectivity index (χ3n) is 8.42. The van der Waals surface area contributed by atoms with Crippen LogP contribution in [-0.2, 0) is 32.6 Å². The van der Waals surface area contributed by atoms with E-state index in [1.807, 2.05) is 82.3 Å². The number of amides is 2. The Labute approximate surface area is 284 Å². The smallest absolute Gasteiger partial charge is 0.264 e. The van der Waals surface area contributed by atoms with E-state index in [1.165, 1.54) is 37.3 Å². The molecule has 0 aromatic heterocycles. The number of methoxy groups -OCH3 is 2. The molecule has 1 N–H and O–H groups in total. The monoisotopic (exact) mass is 671 g/mol. The first-order chi connectivity index (χ1) is 23.0. The summed E-state index contributed by atoms with van der Waals surface area (Å²) in [5.41, 5.74) is 3.76. The molecule has 48 heavy (non-hydrogen) atoms. The van der Waals surface area contributed by atoms with Crippen LogP contribution in [0.3, 0.4) is 0 Å². The lowest BCUT2D eigenvalue weighted by Crippen LogP contribution is -2.54. The number of hydrogen-bond donors (Lipinski definition) is 1. The maximum absolute atomic E-state index is 14.7. The lowest BCUT2D eigenvalue weighted by atomic mass is 10.0. The number of ether oxygens (including phenoxy) is 2. The minimum Gasteiger partial charge on any atom is -0.493 e. The number of rotatable bonds is 15. The van der Waals surface area contributed by atoms with E-state index in [1.54, 1.807) is 24.3 Å². The fourth-order valence-electron chi connectivity index (χ4n) is 5.31. The molecule has 0 aliphatic rings. The molecule has 0 heterocycles. The molecule has 0 radical (unpaired) electrons. The molecule has 0 spiro atoms. The average molecular weight is 672 g/mol. The van der Waals surface area contributed by atoms with Crippen molar-refractivity contribution in [2.45, 2.75) is 64.1 Å². The van der Waals surface area contributed by atoms with Crippen LogP contribution in [0.2, 0.25) is 0 Å². The van der Waals surface area contributed by atoms with Crippen LogP contribution in [0.1, 0.15) is 42.5 Å². The number of carbonyl (C=O) groups is 2. The number of carbonyl (C=O) groups excluding carboxylic acids is 2. The van der Waals surface area contributed by atoms with Gasteiger partial charge < -0.3 is 19.7 Å². The van der Waals surface area contributed by atoms with Crippen LogP contribution < -0.4 is 19.1 Å². The average Bonchev–Trinajstić information content (AvgIpc) is 3.09. The minimum absolute atomic E-state index is 0.0245. The number of aryl methyl sites for hydroxylation is 2. The van der Waals surface area contributed by atoms with Gasteiger partial charge in [0.05, 0.1) is 24.8 Å². The standard InChI is InChI=1S/C38H45N3O6S/c1-7-29(4)39-38(43)34(23-30-14-9-8-10-15-30)40(25-31-16-12-11-13-28(31)3)37(42)26-41(32-19-22-35(46-5)36(24-32)47-6)48(44,45)33-20-17-27(2)18-21-33/h8-22,24,29,34H,7,23,25-26H2,1-6H3,(H,39,43)/t29-,34+/m1/s1. The van der Waals surface area contributed by atoms with Crippen molar-refractivity contribution in [2.75, 3.05) is 25.1 Å². The zero-order valence-electron chi connectivity index (χ0n) is 28.5. The van der Waals surface area contributed by atoms with Gasteiger partial charge in [-0.1, -0.05) is 79.2 Å². The summed E-state index contributed by atoms with van der Waals surface area (Å²) in [6.45, 7) is 7.23. The van der Waals surface area contributed by atoms with Crippen molar-refractivity contribution in [3.8, 4) is 11.5 Å². The number of nitrogens with one attached hydrogen (secondary N) is 1. The maximum atomic E-state index is 14.7. The van der Waals surface area contributed by atoms with Crippen LogP contribution in [0.4, 0.5) is 5.69 Å². The highest BCUT2D eigenvalue weighted by molar-refractivity contribution is 7.92. The van der Waals surface area contributed by atoms with Crippen molar-refractivity contribution in [2.24, 2.45) is 0 Å². The van der Waals surface area contributed by atoms with Gasteiger partial charge in [0.15, 0.2) is 11.5 Å². The maximum Gasteiger partial charge on any atom is 0.264 e. The first-order valence-corrected chi connectivity index (χ1v) is 17.4. The van der Waals surface area contributed by atoms with Gasteiger partial charge in [-0.15, -0.1) is 0 Å². The minimum atomic E-state index is -4.26. The van der Waals surface area contributed by atoms with Crippen LogP contribution in [0.5, 0.6) is 11.5 Å². The summed E-state index contributed by atoms with van der Waals surface area (Å²) in [5.74, 6) is -0.137. The van der Waals surface area contributed by atoms with E-state index in [2.05, 4.69) is 5.32 Å². The van der Waals surface area contributed by atoms with Crippen molar-refractivity contribution < 1.29 is 27.5 Å². The third-order valence-corrected chi connectivity index (χ3v) is 10.2. The Bertz CT molecular complexity index is 1800. The molecular formula is C38H45N3O6S. The SMILES string of the molecule is CC[C@@H](C)NC(=O)[C@H](Cc1ccccc1)N(Cc1ccccc1C)C(=O)CN(c1ccc(OC)c(OC)c1)S(=O)(=O)c1ccc(C)cc1. The summed E-state index contributed by atoms with van der Waals surface area (Å²) in [7, 11) is -1.32. The molecule has 0 bridgehead atoms. The molecule has 2 atom stereocenters. The Morgan fingerprint density at radius 3 is 2.10 bits per heavy atom. The van der Waals surface area contributed by atoms with Crippen molar-refractivity contribution in [3.05, 3.63) is 119 Å². The van der Waals surface area contributed by atoms with Crippen LogP contribution in [0, 0.1) is 13.8 Å². The highest BCUT2D eigenvalue weighted by Gasteiger charge is 2.35. The summed E-state index contributed by atoms with van der Waals surface area (Å²) in [6.07, 6.45) is 0.944. The number of anilines is 1. The van der Waals surface area contributed by atoms with Crippen LogP contribution in [0.25, 0.3) is 0 Å². The van der Waals surface area contributed by atoms with E-state index in [0.29, 0.717) is 17.9 Å². The molecule has 4 aromatic rings. The molecule has 10 heteroatoms. The number of hydrogen-bond acceptors (Lipinski definition) is 6. The second kappa shape index (κ2) is 16.3.